The minimum absolute atomic E-state index is 0.0402. The summed E-state index contributed by atoms with van der Waals surface area (Å²) < 4.78 is 5.88. The molecule has 5 heteroatoms. The number of hydrogen-bond acceptors (Lipinski definition) is 5. The van der Waals surface area contributed by atoms with E-state index < -0.39 is 6.04 Å². The molecular weight excluding hydrogens is 436 g/mol. The molecule has 2 unspecified atom stereocenters. The second-order valence-corrected chi connectivity index (χ2v) is 9.60. The fourth-order valence-corrected chi connectivity index (χ4v) is 5.26. The lowest BCUT2D eigenvalue weighted by atomic mass is 9.78. The summed E-state index contributed by atoms with van der Waals surface area (Å²) in [6, 6.07) is 21.2. The monoisotopic (exact) mass is 462 g/mol. The van der Waals surface area contributed by atoms with Crippen molar-refractivity contribution in [1.82, 2.24) is 0 Å². The first-order chi connectivity index (χ1) is 17.0. The molecule has 0 saturated carbocycles. The van der Waals surface area contributed by atoms with Gasteiger partial charge in [0.2, 0.25) is 0 Å². The number of fused-ring (bicyclic) bond motifs is 2. The summed E-state index contributed by atoms with van der Waals surface area (Å²) in [6.07, 6.45) is 2.60. The van der Waals surface area contributed by atoms with E-state index in [1.54, 1.807) is 0 Å². The van der Waals surface area contributed by atoms with E-state index in [0.717, 1.165) is 28.2 Å². The van der Waals surface area contributed by atoms with Crippen molar-refractivity contribution in [3.05, 3.63) is 117 Å². The molecule has 1 aromatic heterocycles. The number of carbonyl (C=O) groups excluding carboxylic acids is 1. The Morgan fingerprint density at radius 2 is 1.60 bits per heavy atom. The highest BCUT2D eigenvalue weighted by atomic mass is 16.3. The first-order valence-corrected chi connectivity index (χ1v) is 12.0. The van der Waals surface area contributed by atoms with Gasteiger partial charge in [0.15, 0.2) is 11.2 Å². The second kappa shape index (κ2) is 8.27. The molecule has 2 atom stereocenters. The van der Waals surface area contributed by atoms with Crippen LogP contribution in [0.25, 0.3) is 11.0 Å². The molecule has 1 aliphatic heterocycles. The topological polar surface area (TPSA) is 71.3 Å². The first-order valence-electron chi connectivity index (χ1n) is 12.0. The number of benzene rings is 3. The van der Waals surface area contributed by atoms with Gasteiger partial charge in [-0.3, -0.25) is 9.59 Å². The van der Waals surface area contributed by atoms with E-state index in [1.165, 1.54) is 11.8 Å². The summed E-state index contributed by atoms with van der Waals surface area (Å²) in [4.78, 5) is 27.4. The number of carbonyl (C=O) groups is 1. The van der Waals surface area contributed by atoms with Gasteiger partial charge in [0.1, 0.15) is 11.8 Å². The minimum atomic E-state index is -0.603. The van der Waals surface area contributed by atoms with Crippen molar-refractivity contribution < 1.29 is 9.21 Å². The highest BCUT2D eigenvalue weighted by Crippen LogP contribution is 2.43. The van der Waals surface area contributed by atoms with E-state index in [1.807, 2.05) is 49.4 Å². The normalized spacial score (nSPS) is 19.4. The third-order valence-corrected chi connectivity index (χ3v) is 7.12. The largest absolute Gasteiger partial charge is 0.464 e. The van der Waals surface area contributed by atoms with Gasteiger partial charge in [0.25, 0.3) is 0 Å². The van der Waals surface area contributed by atoms with Crippen molar-refractivity contribution in [2.24, 2.45) is 0 Å². The zero-order valence-electron chi connectivity index (χ0n) is 19.7. The predicted octanol–water partition coefficient (Wildman–Crippen LogP) is 6.39. The highest BCUT2D eigenvalue weighted by molar-refractivity contribution is 6.01. The van der Waals surface area contributed by atoms with Crippen molar-refractivity contribution in [2.45, 2.75) is 38.6 Å². The van der Waals surface area contributed by atoms with Gasteiger partial charge in [-0.05, 0) is 56.0 Å². The van der Waals surface area contributed by atoms with E-state index >= 15 is 0 Å². The maximum Gasteiger partial charge on any atom is 0.198 e. The van der Waals surface area contributed by atoms with Gasteiger partial charge < -0.3 is 15.1 Å². The average molecular weight is 463 g/mol. The van der Waals surface area contributed by atoms with Crippen LogP contribution in [0, 0.1) is 13.8 Å². The van der Waals surface area contributed by atoms with Gasteiger partial charge in [-0.15, -0.1) is 0 Å². The molecule has 1 aliphatic carbocycles. The smallest absolute Gasteiger partial charge is 0.198 e. The van der Waals surface area contributed by atoms with E-state index in [0.29, 0.717) is 34.9 Å². The molecule has 0 saturated heterocycles. The Labute approximate surface area is 203 Å². The van der Waals surface area contributed by atoms with Crippen LogP contribution in [0.2, 0.25) is 0 Å². The van der Waals surface area contributed by atoms with Crippen molar-refractivity contribution in [2.75, 3.05) is 10.6 Å². The van der Waals surface area contributed by atoms with Crippen LogP contribution in [0.1, 0.15) is 47.1 Å². The third-order valence-electron chi connectivity index (χ3n) is 7.12. The summed E-state index contributed by atoms with van der Waals surface area (Å²) in [5.41, 5.74) is 7.40. The van der Waals surface area contributed by atoms with E-state index in [2.05, 4.69) is 41.8 Å². The molecule has 2 aliphatic rings. The van der Waals surface area contributed by atoms with Crippen molar-refractivity contribution in [3.8, 4) is 0 Å². The number of nitrogens with one attached hydrogen (secondary N) is 2. The van der Waals surface area contributed by atoms with Gasteiger partial charge in [-0.2, -0.15) is 0 Å². The van der Waals surface area contributed by atoms with E-state index in [-0.39, 0.29) is 17.1 Å². The second-order valence-electron chi connectivity index (χ2n) is 9.60. The third kappa shape index (κ3) is 3.73. The van der Waals surface area contributed by atoms with Crippen LogP contribution in [0.15, 0.2) is 93.5 Å². The highest BCUT2D eigenvalue weighted by Gasteiger charge is 2.37. The molecule has 2 N–H and O–H groups in total. The molecule has 35 heavy (non-hydrogen) atoms. The summed E-state index contributed by atoms with van der Waals surface area (Å²) >= 11 is 0. The number of Topliss-reactive ketones (excluding diaryl/α,β-unsaturated/α-hetero) is 1. The van der Waals surface area contributed by atoms with Crippen LogP contribution in [0.4, 0.5) is 11.4 Å². The lowest BCUT2D eigenvalue weighted by molar-refractivity contribution is -0.116. The standard InChI is InChI=1S/C30H26N2O3/c1-17-7-10-19(11-8-17)20-14-25-28(26(33)15-20)29(32-24-6-4-3-5-23(24)31-25)22-16-35-27-12-9-18(2)13-21(27)30(22)34/h3-13,16,20,29,31-32H,14-15H2,1-2H3. The number of rotatable bonds is 2. The average Bonchev–Trinajstić information content (AvgIpc) is 3.02. The van der Waals surface area contributed by atoms with Crippen LogP contribution >= 0.6 is 0 Å². The van der Waals surface area contributed by atoms with Crippen LogP contribution in [0.3, 0.4) is 0 Å². The predicted molar refractivity (Wildman–Crippen MR) is 139 cm³/mol. The summed E-state index contributed by atoms with van der Waals surface area (Å²) in [5, 5.41) is 7.54. The number of para-hydroxylation sites is 2. The van der Waals surface area contributed by atoms with Gasteiger partial charge in [-0.25, -0.2) is 0 Å². The molecular formula is C30H26N2O3. The number of allylic oxidation sites excluding steroid dienone is 1. The fraction of sp³-hybridized carbons (Fsp3) is 0.200. The lowest BCUT2D eigenvalue weighted by Crippen LogP contribution is -2.29. The lowest BCUT2D eigenvalue weighted by Gasteiger charge is -2.29. The maximum atomic E-state index is 13.7. The molecule has 5 nitrogen and oxygen atoms in total. The van der Waals surface area contributed by atoms with Gasteiger partial charge >= 0.3 is 0 Å². The molecule has 4 aromatic rings. The fourth-order valence-electron chi connectivity index (χ4n) is 5.26. The van der Waals surface area contributed by atoms with Crippen LogP contribution in [-0.4, -0.2) is 5.78 Å². The Kier molecular flexibility index (Phi) is 5.06. The van der Waals surface area contributed by atoms with E-state index in [4.69, 9.17) is 4.42 Å². The molecule has 0 spiro atoms. The van der Waals surface area contributed by atoms with Gasteiger partial charge in [-0.1, -0.05) is 53.6 Å². The Morgan fingerprint density at radius 3 is 2.40 bits per heavy atom. The van der Waals surface area contributed by atoms with Gasteiger partial charge in [0.05, 0.1) is 28.4 Å². The number of anilines is 2. The van der Waals surface area contributed by atoms with Crippen LogP contribution in [0.5, 0.6) is 0 Å². The molecule has 0 radical (unpaired) electrons. The molecule has 0 amide bonds. The Balaban J connectivity index is 1.51. The molecule has 0 fully saturated rings. The number of hydrogen-bond donors (Lipinski definition) is 2. The molecule has 174 valence electrons. The van der Waals surface area contributed by atoms with Gasteiger partial charge in [0, 0.05) is 17.7 Å². The summed E-state index contributed by atoms with van der Waals surface area (Å²) in [7, 11) is 0. The molecule has 3 aromatic carbocycles. The Bertz CT molecular complexity index is 1560. The van der Waals surface area contributed by atoms with Crippen molar-refractivity contribution in [3.63, 3.8) is 0 Å². The van der Waals surface area contributed by atoms with Crippen molar-refractivity contribution in [1.29, 1.82) is 0 Å². The Hall–Kier alpha value is -4.12. The zero-order valence-corrected chi connectivity index (χ0v) is 19.7. The molecule has 2 heterocycles. The maximum absolute atomic E-state index is 13.7. The van der Waals surface area contributed by atoms with E-state index in [9.17, 15) is 9.59 Å². The quantitative estimate of drug-likeness (QED) is 0.361. The Morgan fingerprint density at radius 1 is 0.857 bits per heavy atom. The summed E-state index contributed by atoms with van der Waals surface area (Å²) in [5.74, 6) is 0.120. The molecule has 0 bridgehead atoms. The SMILES string of the molecule is Cc1ccc(C2CC(=O)C3=C(C2)Nc2ccccc2NC3c2coc3ccc(C)cc3c2=O)cc1. The van der Waals surface area contributed by atoms with Crippen LogP contribution < -0.4 is 16.1 Å². The zero-order chi connectivity index (χ0) is 24.1. The first kappa shape index (κ1) is 21.4. The van der Waals surface area contributed by atoms with Crippen LogP contribution in [-0.2, 0) is 4.79 Å². The number of aryl methyl sites for hydroxylation is 2. The number of ketones is 1. The summed E-state index contributed by atoms with van der Waals surface area (Å²) in [6.45, 7) is 4.01. The van der Waals surface area contributed by atoms with Crippen molar-refractivity contribution >= 4 is 28.1 Å². The molecule has 6 rings (SSSR count). The minimum Gasteiger partial charge on any atom is -0.464 e.